The van der Waals surface area contributed by atoms with Crippen LogP contribution in [-0.4, -0.2) is 0 Å². The molecule has 274 valence electrons. The van der Waals surface area contributed by atoms with Gasteiger partial charge in [0, 0.05) is 22.4 Å². The molecule has 9 aromatic rings. The summed E-state index contributed by atoms with van der Waals surface area (Å²) in [7, 11) is 0. The first-order valence-electron chi connectivity index (χ1n) is 20.3. The molecule has 0 aliphatic heterocycles. The monoisotopic (exact) mass is 739 g/mol. The molecular formula is C57H41N. The summed E-state index contributed by atoms with van der Waals surface area (Å²) in [6, 6.07) is 85.1. The van der Waals surface area contributed by atoms with E-state index in [9.17, 15) is 0 Å². The third-order valence-corrected chi connectivity index (χ3v) is 12.8. The summed E-state index contributed by atoms with van der Waals surface area (Å²) in [4.78, 5) is 2.49. The number of nitrogens with zero attached hydrogens (tertiary/aromatic N) is 1. The molecule has 1 heteroatoms. The maximum absolute atomic E-state index is 2.49. The molecule has 0 N–H and O–H groups in total. The SMILES string of the molecule is CC1(c2ccccc2)c2ccccc2-c2ccc(N(c3ccc4c(c3)-c3ccccc3C4(c3ccccc3)c3ccccc3)c3ccccc3-c3ccccc3)cc21. The molecule has 0 radical (unpaired) electrons. The summed E-state index contributed by atoms with van der Waals surface area (Å²) in [5, 5.41) is 0. The largest absolute Gasteiger partial charge is 0.310 e. The first-order chi connectivity index (χ1) is 28.7. The normalized spacial score (nSPS) is 15.5. The Morgan fingerprint density at radius 1 is 0.310 bits per heavy atom. The van der Waals surface area contributed by atoms with E-state index in [1.807, 2.05) is 0 Å². The number of fused-ring (bicyclic) bond motifs is 6. The molecule has 0 amide bonds. The number of hydrogen-bond donors (Lipinski definition) is 0. The van der Waals surface area contributed by atoms with Gasteiger partial charge < -0.3 is 4.90 Å². The highest BCUT2D eigenvalue weighted by molar-refractivity contribution is 5.94. The smallest absolute Gasteiger partial charge is 0.0713 e. The van der Waals surface area contributed by atoms with Gasteiger partial charge in [-0.05, 0) is 104 Å². The van der Waals surface area contributed by atoms with Crippen LogP contribution in [0.4, 0.5) is 17.1 Å². The van der Waals surface area contributed by atoms with Crippen LogP contribution in [0.1, 0.15) is 45.9 Å². The maximum Gasteiger partial charge on any atom is 0.0713 e. The molecule has 0 heterocycles. The second-order valence-electron chi connectivity index (χ2n) is 15.7. The van der Waals surface area contributed by atoms with Crippen LogP contribution in [0, 0.1) is 0 Å². The Bertz CT molecular complexity index is 2910. The number of hydrogen-bond acceptors (Lipinski definition) is 1. The van der Waals surface area contributed by atoms with E-state index in [0.717, 1.165) is 17.1 Å². The number of benzene rings is 9. The fourth-order valence-corrected chi connectivity index (χ4v) is 10.2. The highest BCUT2D eigenvalue weighted by atomic mass is 15.1. The maximum atomic E-state index is 2.49. The predicted molar refractivity (Wildman–Crippen MR) is 241 cm³/mol. The van der Waals surface area contributed by atoms with Crippen LogP contribution < -0.4 is 4.90 Å². The fourth-order valence-electron chi connectivity index (χ4n) is 10.2. The van der Waals surface area contributed by atoms with Gasteiger partial charge in [0.2, 0.25) is 0 Å². The van der Waals surface area contributed by atoms with Gasteiger partial charge in [-0.2, -0.15) is 0 Å². The van der Waals surface area contributed by atoms with Gasteiger partial charge in [0.1, 0.15) is 0 Å². The average Bonchev–Trinajstić information content (AvgIpc) is 3.75. The Morgan fingerprint density at radius 2 is 0.759 bits per heavy atom. The first-order valence-corrected chi connectivity index (χ1v) is 20.3. The van der Waals surface area contributed by atoms with Gasteiger partial charge in [0.05, 0.1) is 11.1 Å². The number of rotatable bonds is 7. The van der Waals surface area contributed by atoms with Crippen molar-refractivity contribution in [2.75, 3.05) is 4.90 Å². The zero-order valence-electron chi connectivity index (χ0n) is 32.4. The van der Waals surface area contributed by atoms with Gasteiger partial charge in [-0.3, -0.25) is 0 Å². The number of anilines is 3. The molecule has 0 aromatic heterocycles. The van der Waals surface area contributed by atoms with Crippen LogP contribution in [-0.2, 0) is 10.8 Å². The molecule has 1 nitrogen and oxygen atoms in total. The highest BCUT2D eigenvalue weighted by Gasteiger charge is 2.46. The minimum absolute atomic E-state index is 0.324. The van der Waals surface area contributed by atoms with Crippen molar-refractivity contribution in [3.05, 3.63) is 269 Å². The van der Waals surface area contributed by atoms with Crippen molar-refractivity contribution in [3.63, 3.8) is 0 Å². The zero-order valence-corrected chi connectivity index (χ0v) is 32.4. The van der Waals surface area contributed by atoms with Gasteiger partial charge in [-0.15, -0.1) is 0 Å². The third-order valence-electron chi connectivity index (χ3n) is 12.8. The lowest BCUT2D eigenvalue weighted by atomic mass is 9.68. The zero-order chi connectivity index (χ0) is 38.7. The minimum atomic E-state index is -0.462. The minimum Gasteiger partial charge on any atom is -0.310 e. The molecular weight excluding hydrogens is 699 g/mol. The molecule has 0 fully saturated rings. The van der Waals surface area contributed by atoms with Crippen LogP contribution in [0.25, 0.3) is 33.4 Å². The molecule has 0 saturated heterocycles. The van der Waals surface area contributed by atoms with E-state index >= 15 is 0 Å². The van der Waals surface area contributed by atoms with Crippen molar-refractivity contribution >= 4 is 17.1 Å². The van der Waals surface area contributed by atoms with Crippen LogP contribution in [0.3, 0.4) is 0 Å². The van der Waals surface area contributed by atoms with Crippen LogP contribution >= 0.6 is 0 Å². The van der Waals surface area contributed by atoms with Crippen LogP contribution in [0.2, 0.25) is 0 Å². The van der Waals surface area contributed by atoms with E-state index < -0.39 is 5.41 Å². The van der Waals surface area contributed by atoms with Crippen molar-refractivity contribution < 1.29 is 0 Å². The molecule has 1 unspecified atom stereocenters. The molecule has 2 aliphatic carbocycles. The second kappa shape index (κ2) is 13.5. The first kappa shape index (κ1) is 34.1. The summed E-state index contributed by atoms with van der Waals surface area (Å²) in [6.45, 7) is 2.40. The molecule has 0 saturated carbocycles. The Kier molecular flexibility index (Phi) is 7.91. The van der Waals surface area contributed by atoms with Crippen LogP contribution in [0.5, 0.6) is 0 Å². The van der Waals surface area contributed by atoms with Crippen molar-refractivity contribution in [1.82, 2.24) is 0 Å². The predicted octanol–water partition coefficient (Wildman–Crippen LogP) is 14.5. The van der Waals surface area contributed by atoms with Crippen molar-refractivity contribution in [2.45, 2.75) is 17.8 Å². The van der Waals surface area contributed by atoms with Gasteiger partial charge in [0.15, 0.2) is 0 Å². The van der Waals surface area contributed by atoms with E-state index in [1.165, 1.54) is 72.3 Å². The average molecular weight is 740 g/mol. The quantitative estimate of drug-likeness (QED) is 0.157. The molecule has 2 aliphatic rings. The summed E-state index contributed by atoms with van der Waals surface area (Å²) in [5.41, 5.74) is 19.2. The molecule has 0 bridgehead atoms. The number of para-hydroxylation sites is 1. The summed E-state index contributed by atoms with van der Waals surface area (Å²) < 4.78 is 0. The highest BCUT2D eigenvalue weighted by Crippen LogP contribution is 2.58. The van der Waals surface area contributed by atoms with Crippen LogP contribution in [0.15, 0.2) is 231 Å². The van der Waals surface area contributed by atoms with Crippen molar-refractivity contribution in [3.8, 4) is 33.4 Å². The van der Waals surface area contributed by atoms with E-state index in [4.69, 9.17) is 0 Å². The lowest BCUT2D eigenvalue weighted by Gasteiger charge is -2.34. The molecule has 11 rings (SSSR count). The van der Waals surface area contributed by atoms with Gasteiger partial charge in [0.25, 0.3) is 0 Å². The summed E-state index contributed by atoms with van der Waals surface area (Å²) in [6.07, 6.45) is 0. The molecule has 0 spiro atoms. The lowest BCUT2D eigenvalue weighted by molar-refractivity contribution is 0.714. The fraction of sp³-hybridized carbons (Fsp3) is 0.0526. The van der Waals surface area contributed by atoms with Crippen molar-refractivity contribution in [2.24, 2.45) is 0 Å². The molecule has 58 heavy (non-hydrogen) atoms. The Morgan fingerprint density at radius 3 is 1.41 bits per heavy atom. The lowest BCUT2D eigenvalue weighted by Crippen LogP contribution is -2.28. The Labute approximate surface area is 341 Å². The standard InChI is InChI=1S/C57H41N/c1-56(41-22-8-3-9-23-41)51-31-17-14-29-47(51)49-36-34-45(39-54(49)56)58(55-33-19-16-28-46(55)40-20-6-2-7-21-40)44-35-37-53-50(38-44)48-30-15-18-32-52(48)57(53,42-24-10-4-11-25-42)43-26-12-5-13-27-43/h2-39H,1H3. The van der Waals surface area contributed by atoms with E-state index in [2.05, 4.69) is 242 Å². The van der Waals surface area contributed by atoms with Gasteiger partial charge in [-0.1, -0.05) is 200 Å². The Balaban J connectivity index is 1.18. The topological polar surface area (TPSA) is 3.24 Å². The summed E-state index contributed by atoms with van der Waals surface area (Å²) >= 11 is 0. The van der Waals surface area contributed by atoms with Crippen molar-refractivity contribution in [1.29, 1.82) is 0 Å². The van der Waals surface area contributed by atoms with Gasteiger partial charge >= 0.3 is 0 Å². The Hall–Kier alpha value is -7.22. The third kappa shape index (κ3) is 4.96. The molecule has 1 atom stereocenters. The van der Waals surface area contributed by atoms with Gasteiger partial charge in [-0.25, -0.2) is 0 Å². The summed E-state index contributed by atoms with van der Waals surface area (Å²) in [5.74, 6) is 0. The second-order valence-corrected chi connectivity index (χ2v) is 15.7. The van der Waals surface area contributed by atoms with E-state index in [0.29, 0.717) is 0 Å². The molecule has 9 aromatic carbocycles. The van der Waals surface area contributed by atoms with E-state index in [-0.39, 0.29) is 5.41 Å². The van der Waals surface area contributed by atoms with E-state index in [1.54, 1.807) is 0 Å².